The number of thiocarbonyl (C=S) groups is 1. The number of benzodiazepines with no additional fused rings is 1. The minimum atomic E-state index is -0.0150. The molecule has 1 N–H and O–H groups in total. The fourth-order valence-corrected chi connectivity index (χ4v) is 3.48. The maximum absolute atomic E-state index is 6.22. The van der Waals surface area contributed by atoms with Crippen LogP contribution in [0.1, 0.15) is 17.5 Å². The van der Waals surface area contributed by atoms with Crippen LogP contribution >= 0.6 is 35.6 Å². The summed E-state index contributed by atoms with van der Waals surface area (Å²) in [7, 11) is 0. The van der Waals surface area contributed by atoms with Gasteiger partial charge in [0.05, 0.1) is 5.71 Å². The molecule has 2 aromatic rings. The molecule has 0 saturated heterocycles. The van der Waals surface area contributed by atoms with E-state index in [9.17, 15) is 0 Å². The quantitative estimate of drug-likeness (QED) is 0.772. The summed E-state index contributed by atoms with van der Waals surface area (Å²) in [5.41, 5.74) is 3.99. The van der Waals surface area contributed by atoms with Gasteiger partial charge in [0.1, 0.15) is 11.0 Å². The van der Waals surface area contributed by atoms with Gasteiger partial charge in [0, 0.05) is 21.8 Å². The summed E-state index contributed by atoms with van der Waals surface area (Å²) in [6.07, 6.45) is 3.02. The highest BCUT2D eigenvalue weighted by molar-refractivity contribution is 7.98. The van der Waals surface area contributed by atoms with Gasteiger partial charge in [-0.3, -0.25) is 4.99 Å². The van der Waals surface area contributed by atoms with Crippen LogP contribution in [0.2, 0.25) is 5.02 Å². The molecule has 0 unspecified atom stereocenters. The normalized spacial score (nSPS) is 17.0. The van der Waals surface area contributed by atoms with Crippen LogP contribution in [0.25, 0.3) is 0 Å². The van der Waals surface area contributed by atoms with Crippen LogP contribution in [0.15, 0.2) is 53.5 Å². The Morgan fingerprint density at radius 2 is 2.00 bits per heavy atom. The van der Waals surface area contributed by atoms with E-state index in [2.05, 4.69) is 23.7 Å². The molecule has 3 rings (SSSR count). The molecule has 0 radical (unpaired) electrons. The van der Waals surface area contributed by atoms with Crippen molar-refractivity contribution in [1.82, 2.24) is 0 Å². The summed E-state index contributed by atoms with van der Waals surface area (Å²) in [6, 6.07) is 16.0. The molecular formula is C18H17ClN2S2. The van der Waals surface area contributed by atoms with E-state index in [-0.39, 0.29) is 6.04 Å². The number of anilines is 1. The minimum absolute atomic E-state index is 0.0150. The van der Waals surface area contributed by atoms with Crippen LogP contribution in [0.4, 0.5) is 5.69 Å². The summed E-state index contributed by atoms with van der Waals surface area (Å²) in [5, 5.41) is 4.05. The Bertz CT molecular complexity index is 744. The number of benzene rings is 2. The summed E-state index contributed by atoms with van der Waals surface area (Å²) < 4.78 is 0. The number of nitrogens with zero attached hydrogens (tertiary/aromatic N) is 1. The first-order valence-electron chi connectivity index (χ1n) is 7.42. The van der Waals surface area contributed by atoms with Crippen LogP contribution in [-0.4, -0.2) is 28.8 Å². The Morgan fingerprint density at radius 1 is 1.22 bits per heavy atom. The number of fused-ring (bicyclic) bond motifs is 1. The van der Waals surface area contributed by atoms with Crippen LogP contribution < -0.4 is 5.32 Å². The SMILES string of the molecule is CSCC[C@@H]1N=C(c2ccccc2)c2cc(Cl)ccc2NC1=S. The number of hydrogen-bond donors (Lipinski definition) is 1. The largest absolute Gasteiger partial charge is 0.348 e. The van der Waals surface area contributed by atoms with Gasteiger partial charge in [0.2, 0.25) is 0 Å². The lowest BCUT2D eigenvalue weighted by Gasteiger charge is -2.13. The van der Waals surface area contributed by atoms with Crippen molar-refractivity contribution in [2.45, 2.75) is 12.5 Å². The molecule has 1 atom stereocenters. The van der Waals surface area contributed by atoms with Gasteiger partial charge in [0.25, 0.3) is 0 Å². The van der Waals surface area contributed by atoms with Gasteiger partial charge in [-0.2, -0.15) is 11.8 Å². The predicted molar refractivity (Wildman–Crippen MR) is 107 cm³/mol. The summed E-state index contributed by atoms with van der Waals surface area (Å²) in [4.78, 5) is 5.76. The second-order valence-corrected chi connectivity index (χ2v) is 7.18. The highest BCUT2D eigenvalue weighted by Gasteiger charge is 2.23. The van der Waals surface area contributed by atoms with E-state index in [1.165, 1.54) is 0 Å². The number of halogens is 1. The molecule has 0 bridgehead atoms. The fraction of sp³-hybridized carbons (Fsp3) is 0.222. The van der Waals surface area contributed by atoms with Crippen LogP contribution in [0, 0.1) is 0 Å². The average Bonchev–Trinajstić information content (AvgIpc) is 2.70. The summed E-state index contributed by atoms with van der Waals surface area (Å²) in [6.45, 7) is 0. The summed E-state index contributed by atoms with van der Waals surface area (Å²) >= 11 is 13.6. The second kappa shape index (κ2) is 7.47. The highest BCUT2D eigenvalue weighted by atomic mass is 35.5. The molecular weight excluding hydrogens is 344 g/mol. The Hall–Kier alpha value is -1.36. The van der Waals surface area contributed by atoms with Gasteiger partial charge in [-0.05, 0) is 36.6 Å². The zero-order valence-corrected chi connectivity index (χ0v) is 15.1. The third kappa shape index (κ3) is 3.77. The van der Waals surface area contributed by atoms with E-state index < -0.39 is 0 Å². The lowest BCUT2D eigenvalue weighted by molar-refractivity contribution is 0.841. The molecule has 0 saturated carbocycles. The lowest BCUT2D eigenvalue weighted by Crippen LogP contribution is -2.24. The number of nitrogens with one attached hydrogen (secondary N) is 1. The molecule has 2 aromatic carbocycles. The van der Waals surface area contributed by atoms with Crippen LogP contribution in [0.5, 0.6) is 0 Å². The van der Waals surface area contributed by atoms with Crippen molar-refractivity contribution in [3.63, 3.8) is 0 Å². The molecule has 0 fully saturated rings. The second-order valence-electron chi connectivity index (χ2n) is 5.32. The molecule has 1 aliphatic rings. The Kier molecular flexibility index (Phi) is 5.36. The van der Waals surface area contributed by atoms with Gasteiger partial charge >= 0.3 is 0 Å². The number of thioether (sulfide) groups is 1. The van der Waals surface area contributed by atoms with Crippen molar-refractivity contribution in [1.29, 1.82) is 0 Å². The first-order valence-corrected chi connectivity index (χ1v) is 9.60. The zero-order valence-electron chi connectivity index (χ0n) is 12.8. The van der Waals surface area contributed by atoms with Gasteiger partial charge < -0.3 is 5.32 Å². The van der Waals surface area contributed by atoms with Crippen molar-refractivity contribution < 1.29 is 0 Å². The maximum Gasteiger partial charge on any atom is 0.105 e. The molecule has 1 aliphatic heterocycles. The zero-order chi connectivity index (χ0) is 16.2. The smallest absolute Gasteiger partial charge is 0.105 e. The van der Waals surface area contributed by atoms with E-state index >= 15 is 0 Å². The topological polar surface area (TPSA) is 24.4 Å². The lowest BCUT2D eigenvalue weighted by atomic mass is 10.0. The Balaban J connectivity index is 2.13. The standard InChI is InChI=1S/C18H17ClN2S2/c1-23-10-9-16-18(22)21-15-8-7-13(19)11-14(15)17(20-16)12-5-3-2-4-6-12/h2-8,11,16H,9-10H2,1H3,(H,21,22)/t16-/m0/s1. The Labute approximate surface area is 151 Å². The summed E-state index contributed by atoms with van der Waals surface area (Å²) in [5.74, 6) is 1.02. The molecule has 118 valence electrons. The van der Waals surface area contributed by atoms with E-state index in [0.29, 0.717) is 5.02 Å². The van der Waals surface area contributed by atoms with E-state index in [4.69, 9.17) is 28.8 Å². The van der Waals surface area contributed by atoms with Crippen molar-refractivity contribution in [3.05, 3.63) is 64.7 Å². The van der Waals surface area contributed by atoms with Crippen LogP contribution in [0.3, 0.4) is 0 Å². The van der Waals surface area contributed by atoms with Crippen molar-refractivity contribution in [3.8, 4) is 0 Å². The number of aliphatic imine (C=N–C) groups is 1. The predicted octanol–water partition coefficient (Wildman–Crippen LogP) is 5.05. The minimum Gasteiger partial charge on any atom is -0.348 e. The van der Waals surface area contributed by atoms with Crippen molar-refractivity contribution in [2.75, 3.05) is 17.3 Å². The van der Waals surface area contributed by atoms with Crippen LogP contribution in [-0.2, 0) is 0 Å². The fourth-order valence-electron chi connectivity index (χ4n) is 2.57. The van der Waals surface area contributed by atoms with E-state index in [1.54, 1.807) is 0 Å². The third-order valence-corrected chi connectivity index (χ3v) is 4.98. The third-order valence-electron chi connectivity index (χ3n) is 3.72. The molecule has 0 spiro atoms. The van der Waals surface area contributed by atoms with E-state index in [1.807, 2.05) is 48.2 Å². The van der Waals surface area contributed by atoms with Crippen molar-refractivity contribution >= 4 is 52.0 Å². The maximum atomic E-state index is 6.22. The molecule has 0 aromatic heterocycles. The van der Waals surface area contributed by atoms with Gasteiger partial charge in [0.15, 0.2) is 0 Å². The number of rotatable bonds is 4. The van der Waals surface area contributed by atoms with Crippen molar-refractivity contribution in [2.24, 2.45) is 4.99 Å². The molecule has 5 heteroatoms. The highest BCUT2D eigenvalue weighted by Crippen LogP contribution is 2.28. The van der Waals surface area contributed by atoms with Gasteiger partial charge in [-0.1, -0.05) is 54.2 Å². The average molecular weight is 361 g/mol. The first kappa shape index (κ1) is 16.5. The number of hydrogen-bond acceptors (Lipinski definition) is 3. The molecule has 1 heterocycles. The first-order chi connectivity index (χ1) is 11.2. The van der Waals surface area contributed by atoms with Gasteiger partial charge in [-0.25, -0.2) is 0 Å². The Morgan fingerprint density at radius 3 is 2.74 bits per heavy atom. The molecule has 0 aliphatic carbocycles. The molecule has 0 amide bonds. The van der Waals surface area contributed by atoms with E-state index in [0.717, 1.165) is 39.7 Å². The van der Waals surface area contributed by atoms with Gasteiger partial charge in [-0.15, -0.1) is 0 Å². The monoisotopic (exact) mass is 360 g/mol. The molecule has 23 heavy (non-hydrogen) atoms. The molecule has 2 nitrogen and oxygen atoms in total.